The van der Waals surface area contributed by atoms with Crippen molar-refractivity contribution in [1.82, 2.24) is 4.90 Å². The zero-order valence-corrected chi connectivity index (χ0v) is 12.3. The molecule has 4 heteroatoms. The van der Waals surface area contributed by atoms with Gasteiger partial charge < -0.3 is 15.1 Å². The fraction of sp³-hybridized carbons (Fsp3) is 0.471. The molecule has 2 rings (SSSR count). The van der Waals surface area contributed by atoms with Crippen LogP contribution >= 0.6 is 0 Å². The Bertz CT molecular complexity index is 569. The SMILES string of the molecule is CC1(O)CCCN(C(=O)c2cccc(C#CCO)c2)CC1. The molecule has 21 heavy (non-hydrogen) atoms. The molecule has 112 valence electrons. The highest BCUT2D eigenvalue weighted by Crippen LogP contribution is 2.22. The quantitative estimate of drug-likeness (QED) is 0.768. The summed E-state index contributed by atoms with van der Waals surface area (Å²) in [7, 11) is 0. The van der Waals surface area contributed by atoms with Crippen LogP contribution in [0.5, 0.6) is 0 Å². The van der Waals surface area contributed by atoms with Crippen LogP contribution in [0.15, 0.2) is 24.3 Å². The molecule has 1 aliphatic heterocycles. The number of hydrogen-bond acceptors (Lipinski definition) is 3. The van der Waals surface area contributed by atoms with Gasteiger partial charge in [-0.2, -0.15) is 0 Å². The molecule has 0 aliphatic carbocycles. The van der Waals surface area contributed by atoms with Crippen molar-refractivity contribution in [2.75, 3.05) is 19.7 Å². The smallest absolute Gasteiger partial charge is 0.253 e. The van der Waals surface area contributed by atoms with E-state index in [4.69, 9.17) is 5.11 Å². The molecule has 4 nitrogen and oxygen atoms in total. The monoisotopic (exact) mass is 287 g/mol. The molecule has 1 saturated heterocycles. The Morgan fingerprint density at radius 3 is 2.95 bits per heavy atom. The van der Waals surface area contributed by atoms with Crippen molar-refractivity contribution in [1.29, 1.82) is 0 Å². The normalized spacial score (nSPS) is 22.1. The summed E-state index contributed by atoms with van der Waals surface area (Å²) in [6, 6.07) is 7.12. The molecule has 0 radical (unpaired) electrons. The summed E-state index contributed by atoms with van der Waals surface area (Å²) in [5.74, 6) is 5.36. The molecule has 1 fully saturated rings. The molecule has 1 aromatic rings. The average Bonchev–Trinajstić information content (AvgIpc) is 2.65. The van der Waals surface area contributed by atoms with E-state index in [1.807, 2.05) is 13.0 Å². The predicted octanol–water partition coefficient (Wildman–Crippen LogP) is 1.41. The molecule has 1 unspecified atom stereocenters. The van der Waals surface area contributed by atoms with E-state index in [0.717, 1.165) is 18.4 Å². The maximum atomic E-state index is 12.5. The van der Waals surface area contributed by atoms with Gasteiger partial charge >= 0.3 is 0 Å². The fourth-order valence-corrected chi connectivity index (χ4v) is 2.52. The van der Waals surface area contributed by atoms with Crippen LogP contribution < -0.4 is 0 Å². The predicted molar refractivity (Wildman–Crippen MR) is 80.8 cm³/mol. The van der Waals surface area contributed by atoms with Gasteiger partial charge in [-0.05, 0) is 44.4 Å². The van der Waals surface area contributed by atoms with E-state index < -0.39 is 5.60 Å². The van der Waals surface area contributed by atoms with E-state index >= 15 is 0 Å². The maximum Gasteiger partial charge on any atom is 0.253 e. The molecule has 0 saturated carbocycles. The van der Waals surface area contributed by atoms with Crippen molar-refractivity contribution in [3.63, 3.8) is 0 Å². The third-order valence-electron chi connectivity index (χ3n) is 3.77. The molecule has 0 aromatic heterocycles. The Kier molecular flexibility index (Phi) is 5.00. The van der Waals surface area contributed by atoms with E-state index in [0.29, 0.717) is 25.1 Å². The number of amides is 1. The molecule has 1 aliphatic rings. The first kappa shape index (κ1) is 15.6. The molecular formula is C17H21NO3. The van der Waals surface area contributed by atoms with E-state index in [1.165, 1.54) is 0 Å². The van der Waals surface area contributed by atoms with Gasteiger partial charge in [0.15, 0.2) is 0 Å². The van der Waals surface area contributed by atoms with Crippen molar-refractivity contribution >= 4 is 5.91 Å². The number of likely N-dealkylation sites (tertiary alicyclic amines) is 1. The van der Waals surface area contributed by atoms with Gasteiger partial charge in [-0.15, -0.1) is 0 Å². The van der Waals surface area contributed by atoms with Gasteiger partial charge in [0.05, 0.1) is 5.60 Å². The van der Waals surface area contributed by atoms with Gasteiger partial charge in [-0.1, -0.05) is 17.9 Å². The molecule has 1 amide bonds. The second kappa shape index (κ2) is 6.75. The summed E-state index contributed by atoms with van der Waals surface area (Å²) >= 11 is 0. The highest BCUT2D eigenvalue weighted by atomic mass is 16.3. The van der Waals surface area contributed by atoms with Gasteiger partial charge in [-0.3, -0.25) is 4.79 Å². The van der Waals surface area contributed by atoms with Crippen molar-refractivity contribution in [2.45, 2.75) is 31.8 Å². The van der Waals surface area contributed by atoms with Crippen molar-refractivity contribution in [3.05, 3.63) is 35.4 Å². The number of nitrogens with zero attached hydrogens (tertiary/aromatic N) is 1. The highest BCUT2D eigenvalue weighted by Gasteiger charge is 2.27. The Morgan fingerprint density at radius 2 is 2.19 bits per heavy atom. The Balaban J connectivity index is 2.12. The summed E-state index contributed by atoms with van der Waals surface area (Å²) < 4.78 is 0. The van der Waals surface area contributed by atoms with Gasteiger partial charge in [0.1, 0.15) is 6.61 Å². The van der Waals surface area contributed by atoms with Crippen LogP contribution in [-0.4, -0.2) is 46.3 Å². The Hall–Kier alpha value is -1.83. The minimum Gasteiger partial charge on any atom is -0.390 e. The minimum absolute atomic E-state index is 0.0275. The van der Waals surface area contributed by atoms with Gasteiger partial charge in [0.25, 0.3) is 5.91 Å². The maximum absolute atomic E-state index is 12.5. The van der Waals surface area contributed by atoms with Crippen LogP contribution in [-0.2, 0) is 0 Å². The lowest BCUT2D eigenvalue weighted by Gasteiger charge is -2.22. The Morgan fingerprint density at radius 1 is 1.38 bits per heavy atom. The fourth-order valence-electron chi connectivity index (χ4n) is 2.52. The van der Waals surface area contributed by atoms with Crippen molar-refractivity contribution in [2.24, 2.45) is 0 Å². The lowest BCUT2D eigenvalue weighted by molar-refractivity contribution is 0.0438. The molecule has 0 spiro atoms. The summed E-state index contributed by atoms with van der Waals surface area (Å²) in [4.78, 5) is 14.3. The first-order valence-corrected chi connectivity index (χ1v) is 7.23. The number of aliphatic hydroxyl groups excluding tert-OH is 1. The molecular weight excluding hydrogens is 266 g/mol. The number of benzene rings is 1. The zero-order chi connectivity index (χ0) is 15.3. The summed E-state index contributed by atoms with van der Waals surface area (Å²) in [5.41, 5.74) is 0.640. The zero-order valence-electron chi connectivity index (χ0n) is 12.3. The number of aliphatic hydroxyl groups is 2. The first-order chi connectivity index (χ1) is 10.0. The third-order valence-corrected chi connectivity index (χ3v) is 3.77. The lowest BCUT2D eigenvalue weighted by atomic mass is 9.98. The Labute approximate surface area is 125 Å². The summed E-state index contributed by atoms with van der Waals surface area (Å²) in [6.45, 7) is 2.87. The van der Waals surface area contributed by atoms with Crippen LogP contribution in [0.4, 0.5) is 0 Å². The standard InChI is InChI=1S/C17H21NO3/c1-17(21)8-4-10-18(11-9-17)16(20)15-7-2-5-14(13-15)6-3-12-19/h2,5,7,13,19,21H,4,8-12H2,1H3. The van der Waals surface area contributed by atoms with Gasteiger partial charge in [-0.25, -0.2) is 0 Å². The first-order valence-electron chi connectivity index (χ1n) is 7.23. The lowest BCUT2D eigenvalue weighted by Crippen LogP contribution is -2.33. The largest absolute Gasteiger partial charge is 0.390 e. The summed E-state index contributed by atoms with van der Waals surface area (Å²) in [5, 5.41) is 18.8. The topological polar surface area (TPSA) is 60.8 Å². The van der Waals surface area contributed by atoms with Crippen molar-refractivity contribution in [3.8, 4) is 11.8 Å². The number of carbonyl (C=O) groups excluding carboxylic acids is 1. The average molecular weight is 287 g/mol. The summed E-state index contributed by atoms with van der Waals surface area (Å²) in [6.07, 6.45) is 2.13. The van der Waals surface area contributed by atoms with Crippen LogP contribution in [0, 0.1) is 11.8 Å². The highest BCUT2D eigenvalue weighted by molar-refractivity contribution is 5.94. The molecule has 1 aromatic carbocycles. The molecule has 1 heterocycles. The number of carbonyl (C=O) groups is 1. The van der Waals surface area contributed by atoms with E-state index in [-0.39, 0.29) is 12.5 Å². The van der Waals surface area contributed by atoms with E-state index in [2.05, 4.69) is 11.8 Å². The van der Waals surface area contributed by atoms with Gasteiger partial charge in [0.2, 0.25) is 0 Å². The molecule has 2 N–H and O–H groups in total. The second-order valence-electron chi connectivity index (χ2n) is 5.68. The van der Waals surface area contributed by atoms with Gasteiger partial charge in [0, 0.05) is 24.2 Å². The minimum atomic E-state index is -0.677. The number of hydrogen-bond donors (Lipinski definition) is 2. The van der Waals surface area contributed by atoms with Crippen LogP contribution in [0.1, 0.15) is 42.1 Å². The van der Waals surface area contributed by atoms with E-state index in [1.54, 1.807) is 23.1 Å². The number of rotatable bonds is 1. The molecule has 0 bridgehead atoms. The van der Waals surface area contributed by atoms with Crippen LogP contribution in [0.2, 0.25) is 0 Å². The third kappa shape index (κ3) is 4.32. The van der Waals surface area contributed by atoms with Crippen LogP contribution in [0.25, 0.3) is 0 Å². The molecule has 1 atom stereocenters. The van der Waals surface area contributed by atoms with Crippen molar-refractivity contribution < 1.29 is 15.0 Å². The van der Waals surface area contributed by atoms with E-state index in [9.17, 15) is 9.90 Å². The second-order valence-corrected chi connectivity index (χ2v) is 5.68. The van der Waals surface area contributed by atoms with Crippen LogP contribution in [0.3, 0.4) is 0 Å².